The summed E-state index contributed by atoms with van der Waals surface area (Å²) in [5.41, 5.74) is 2.89. The summed E-state index contributed by atoms with van der Waals surface area (Å²) in [5, 5.41) is 5.97. The van der Waals surface area contributed by atoms with Gasteiger partial charge in [0.15, 0.2) is 17.5 Å². The van der Waals surface area contributed by atoms with Gasteiger partial charge < -0.3 is 25.0 Å². The molecule has 0 spiro atoms. The first-order valence-electron chi connectivity index (χ1n) is 9.86. The third kappa shape index (κ3) is 5.20. The first-order valence-corrected chi connectivity index (χ1v) is 9.86. The highest BCUT2D eigenvalue weighted by molar-refractivity contribution is 5.94. The molecule has 0 bridgehead atoms. The van der Waals surface area contributed by atoms with Crippen LogP contribution in [0.2, 0.25) is 0 Å². The van der Waals surface area contributed by atoms with Crippen LogP contribution in [0.25, 0.3) is 0 Å². The second-order valence-corrected chi connectivity index (χ2v) is 6.87. The lowest BCUT2D eigenvalue weighted by atomic mass is 9.99. The molecular formula is C22H27FN4O3. The molecule has 1 heterocycles. The van der Waals surface area contributed by atoms with Gasteiger partial charge >= 0.3 is 0 Å². The number of halogens is 1. The number of rotatable bonds is 6. The van der Waals surface area contributed by atoms with Crippen LogP contribution in [-0.4, -0.2) is 50.6 Å². The van der Waals surface area contributed by atoms with Crippen molar-refractivity contribution in [1.29, 1.82) is 0 Å². The highest BCUT2D eigenvalue weighted by Gasteiger charge is 2.22. The molecule has 30 heavy (non-hydrogen) atoms. The van der Waals surface area contributed by atoms with Crippen LogP contribution >= 0.6 is 0 Å². The summed E-state index contributed by atoms with van der Waals surface area (Å²) in [6, 6.07) is 9.66. The molecule has 8 heteroatoms. The fraction of sp³-hybridized carbons (Fsp3) is 0.364. The van der Waals surface area contributed by atoms with Crippen LogP contribution < -0.4 is 20.1 Å². The van der Waals surface area contributed by atoms with E-state index >= 15 is 0 Å². The number of benzene rings is 2. The summed E-state index contributed by atoms with van der Waals surface area (Å²) in [7, 11) is 3.25. The second-order valence-electron chi connectivity index (χ2n) is 6.87. The number of ether oxygens (including phenoxy) is 2. The van der Waals surface area contributed by atoms with Gasteiger partial charge in [-0.25, -0.2) is 9.38 Å². The maximum Gasteiger partial charge on any atom is 0.246 e. The van der Waals surface area contributed by atoms with Crippen molar-refractivity contribution >= 4 is 17.6 Å². The molecule has 0 aliphatic carbocycles. The fourth-order valence-corrected chi connectivity index (χ4v) is 3.37. The number of hydrogen-bond donors (Lipinski definition) is 2. The van der Waals surface area contributed by atoms with E-state index in [-0.39, 0.29) is 18.3 Å². The van der Waals surface area contributed by atoms with Crippen LogP contribution in [0.1, 0.15) is 18.1 Å². The van der Waals surface area contributed by atoms with Crippen molar-refractivity contribution in [3.63, 3.8) is 0 Å². The Hall–Kier alpha value is -3.29. The van der Waals surface area contributed by atoms with E-state index in [1.807, 2.05) is 19.1 Å². The average molecular weight is 414 g/mol. The van der Waals surface area contributed by atoms with E-state index in [1.54, 1.807) is 14.2 Å². The zero-order valence-corrected chi connectivity index (χ0v) is 17.5. The first-order chi connectivity index (χ1) is 14.5. The molecule has 160 valence electrons. The van der Waals surface area contributed by atoms with Gasteiger partial charge in [0, 0.05) is 25.3 Å². The number of hydrogen-bond acceptors (Lipinski definition) is 4. The molecule has 2 aromatic carbocycles. The molecule has 0 aromatic heterocycles. The number of aliphatic imine (C=N–C) groups is 1. The van der Waals surface area contributed by atoms with Crippen molar-refractivity contribution in [2.45, 2.75) is 19.9 Å². The Morgan fingerprint density at radius 2 is 1.80 bits per heavy atom. The predicted molar refractivity (Wildman–Crippen MR) is 115 cm³/mol. The summed E-state index contributed by atoms with van der Waals surface area (Å²) >= 11 is 0. The Balaban J connectivity index is 1.70. The zero-order chi connectivity index (χ0) is 21.5. The zero-order valence-electron chi connectivity index (χ0n) is 17.5. The molecule has 1 amide bonds. The number of carbonyl (C=O) groups excluding carboxylic acids is 1. The van der Waals surface area contributed by atoms with Crippen LogP contribution in [0.4, 0.5) is 10.1 Å². The molecule has 0 unspecified atom stereocenters. The van der Waals surface area contributed by atoms with Crippen LogP contribution in [0.3, 0.4) is 0 Å². The Labute approximate surface area is 175 Å². The monoisotopic (exact) mass is 414 g/mol. The van der Waals surface area contributed by atoms with E-state index in [2.05, 4.69) is 20.5 Å². The molecule has 0 atom stereocenters. The van der Waals surface area contributed by atoms with Gasteiger partial charge in [-0.15, -0.1) is 0 Å². The van der Waals surface area contributed by atoms with E-state index < -0.39 is 0 Å². The molecular weight excluding hydrogens is 387 g/mol. The molecule has 0 saturated heterocycles. The lowest BCUT2D eigenvalue weighted by Crippen LogP contribution is -2.44. The van der Waals surface area contributed by atoms with Gasteiger partial charge in [-0.05, 0) is 60.9 Å². The normalized spacial score (nSPS) is 13.5. The van der Waals surface area contributed by atoms with Gasteiger partial charge in [0.1, 0.15) is 12.4 Å². The highest BCUT2D eigenvalue weighted by atomic mass is 19.1. The van der Waals surface area contributed by atoms with E-state index in [4.69, 9.17) is 9.47 Å². The predicted octanol–water partition coefficient (Wildman–Crippen LogP) is 2.81. The van der Waals surface area contributed by atoms with Crippen LogP contribution in [0.15, 0.2) is 41.4 Å². The maximum atomic E-state index is 13.0. The number of anilines is 1. The number of fused-ring (bicyclic) bond motifs is 1. The molecule has 7 nitrogen and oxygen atoms in total. The number of nitrogens with zero attached hydrogens (tertiary/aromatic N) is 2. The topological polar surface area (TPSA) is 75.2 Å². The minimum atomic E-state index is -0.347. The Bertz CT molecular complexity index is 915. The molecule has 3 rings (SSSR count). The molecule has 0 fully saturated rings. The summed E-state index contributed by atoms with van der Waals surface area (Å²) in [4.78, 5) is 18.9. The minimum Gasteiger partial charge on any atom is -0.493 e. The van der Waals surface area contributed by atoms with E-state index in [9.17, 15) is 9.18 Å². The van der Waals surface area contributed by atoms with Crippen molar-refractivity contribution in [3.05, 3.63) is 53.3 Å². The van der Waals surface area contributed by atoms with Gasteiger partial charge in [0.05, 0.1) is 14.2 Å². The van der Waals surface area contributed by atoms with Crippen LogP contribution in [0.5, 0.6) is 11.5 Å². The summed E-state index contributed by atoms with van der Waals surface area (Å²) in [5.74, 6) is 1.48. The standard InChI is InChI=1S/C22H27FN4O3/c1-4-24-22(25-13-21(28)26-18-7-5-17(23)6-8-18)27-10-9-15-11-19(29-2)20(30-3)12-16(15)14-27/h5-8,11-12H,4,9-10,13-14H2,1-3H3,(H,24,25)(H,26,28). The van der Waals surface area contributed by atoms with Crippen molar-refractivity contribution in [2.24, 2.45) is 4.99 Å². The van der Waals surface area contributed by atoms with Crippen LogP contribution in [0, 0.1) is 5.82 Å². The summed E-state index contributed by atoms with van der Waals surface area (Å²) in [6.07, 6.45) is 0.835. The molecule has 2 N–H and O–H groups in total. The molecule has 0 saturated carbocycles. The van der Waals surface area contributed by atoms with Crippen molar-refractivity contribution < 1.29 is 18.7 Å². The Kier molecular flexibility index (Phi) is 7.11. The summed E-state index contributed by atoms with van der Waals surface area (Å²) < 4.78 is 23.8. The highest BCUT2D eigenvalue weighted by Crippen LogP contribution is 2.33. The number of methoxy groups -OCH3 is 2. The molecule has 2 aromatic rings. The lowest BCUT2D eigenvalue weighted by molar-refractivity contribution is -0.114. The van der Waals surface area contributed by atoms with Gasteiger partial charge in [-0.1, -0.05) is 0 Å². The van der Waals surface area contributed by atoms with Crippen molar-refractivity contribution in [1.82, 2.24) is 10.2 Å². The van der Waals surface area contributed by atoms with Crippen LogP contribution in [-0.2, 0) is 17.8 Å². The lowest BCUT2D eigenvalue weighted by Gasteiger charge is -2.32. The third-order valence-corrected chi connectivity index (χ3v) is 4.85. The third-order valence-electron chi connectivity index (χ3n) is 4.85. The first kappa shape index (κ1) is 21.4. The second kappa shape index (κ2) is 9.96. The van der Waals surface area contributed by atoms with Gasteiger partial charge in [0.2, 0.25) is 5.91 Å². The molecule has 1 aliphatic heterocycles. The quantitative estimate of drug-likeness (QED) is 0.562. The van der Waals surface area contributed by atoms with E-state index in [1.165, 1.54) is 29.8 Å². The number of nitrogens with one attached hydrogen (secondary N) is 2. The van der Waals surface area contributed by atoms with E-state index in [0.29, 0.717) is 30.5 Å². The number of carbonyl (C=O) groups is 1. The van der Waals surface area contributed by atoms with Gasteiger partial charge in [-0.2, -0.15) is 0 Å². The minimum absolute atomic E-state index is 0.0327. The maximum absolute atomic E-state index is 13.0. The van der Waals surface area contributed by atoms with Crippen molar-refractivity contribution in [2.75, 3.05) is 39.2 Å². The molecule has 1 aliphatic rings. The average Bonchev–Trinajstić information content (AvgIpc) is 2.76. The largest absolute Gasteiger partial charge is 0.493 e. The Morgan fingerprint density at radius 1 is 1.13 bits per heavy atom. The SMILES string of the molecule is CCNC(=NCC(=O)Nc1ccc(F)cc1)N1CCc2cc(OC)c(OC)cc2C1. The fourth-order valence-electron chi connectivity index (χ4n) is 3.37. The van der Waals surface area contributed by atoms with E-state index in [0.717, 1.165) is 24.3 Å². The van der Waals surface area contributed by atoms with Gasteiger partial charge in [0.25, 0.3) is 0 Å². The number of guanidine groups is 1. The van der Waals surface area contributed by atoms with Crippen molar-refractivity contribution in [3.8, 4) is 11.5 Å². The summed E-state index contributed by atoms with van der Waals surface area (Å²) in [6.45, 7) is 4.07. The smallest absolute Gasteiger partial charge is 0.246 e. The van der Waals surface area contributed by atoms with Gasteiger partial charge in [-0.3, -0.25) is 4.79 Å². The Morgan fingerprint density at radius 3 is 2.43 bits per heavy atom. The number of amides is 1. The molecule has 0 radical (unpaired) electrons.